The van der Waals surface area contributed by atoms with E-state index < -0.39 is 0 Å². The molecule has 25 heavy (non-hydrogen) atoms. The monoisotopic (exact) mass is 353 g/mol. The summed E-state index contributed by atoms with van der Waals surface area (Å²) in [5, 5.41) is 8.96. The summed E-state index contributed by atoms with van der Waals surface area (Å²) in [5.74, 6) is 0.453. The van der Waals surface area contributed by atoms with Crippen molar-refractivity contribution in [1.29, 1.82) is 0 Å². The van der Waals surface area contributed by atoms with Crippen LogP contribution in [0, 0.1) is 6.92 Å². The molecule has 1 aromatic heterocycles. The van der Waals surface area contributed by atoms with Gasteiger partial charge in [-0.1, -0.05) is 59.8 Å². The summed E-state index contributed by atoms with van der Waals surface area (Å²) in [6, 6.07) is 18.0. The molecular weight excluding hydrogens is 334 g/mol. The number of methoxy groups -OCH3 is 1. The largest absolute Gasteiger partial charge is 0.468 e. The Morgan fingerprint density at radius 1 is 1.08 bits per heavy atom. The van der Waals surface area contributed by atoms with E-state index in [0.717, 1.165) is 17.1 Å². The molecule has 0 amide bonds. The topological polar surface area (TPSA) is 57.0 Å². The molecule has 0 N–H and O–H groups in total. The molecule has 1 atom stereocenters. The van der Waals surface area contributed by atoms with Crippen molar-refractivity contribution in [3.8, 4) is 17.1 Å². The number of esters is 1. The summed E-state index contributed by atoms with van der Waals surface area (Å²) in [7, 11) is 1.39. The minimum Gasteiger partial charge on any atom is -0.468 e. The number of nitrogens with zero attached hydrogens (tertiary/aromatic N) is 3. The molecule has 6 heteroatoms. The van der Waals surface area contributed by atoms with E-state index in [9.17, 15) is 4.79 Å². The SMILES string of the molecule is COC(=O)C(C)Sc1nnc(-c2ccccc2)n1-c1ccc(C)cc1. The lowest BCUT2D eigenvalue weighted by molar-refractivity contribution is -0.139. The second-order valence-electron chi connectivity index (χ2n) is 5.63. The Bertz CT molecular complexity index is 860. The molecule has 0 bridgehead atoms. The molecule has 1 unspecified atom stereocenters. The number of benzene rings is 2. The molecule has 1 heterocycles. The third kappa shape index (κ3) is 3.74. The first-order valence-corrected chi connectivity index (χ1v) is 8.80. The molecule has 0 saturated carbocycles. The second kappa shape index (κ2) is 7.53. The number of aryl methyl sites for hydroxylation is 1. The fraction of sp³-hybridized carbons (Fsp3) is 0.211. The summed E-state index contributed by atoms with van der Waals surface area (Å²) in [6.07, 6.45) is 0. The summed E-state index contributed by atoms with van der Waals surface area (Å²) in [5.41, 5.74) is 3.09. The molecule has 128 valence electrons. The highest BCUT2D eigenvalue weighted by molar-refractivity contribution is 8.00. The Hall–Kier alpha value is -2.60. The number of carbonyl (C=O) groups excluding carboxylic acids is 1. The number of rotatable bonds is 5. The van der Waals surface area contributed by atoms with E-state index >= 15 is 0 Å². The van der Waals surface area contributed by atoms with E-state index in [1.165, 1.54) is 24.4 Å². The number of hydrogen-bond acceptors (Lipinski definition) is 5. The van der Waals surface area contributed by atoms with Crippen molar-refractivity contribution in [3.63, 3.8) is 0 Å². The van der Waals surface area contributed by atoms with Gasteiger partial charge in [0.2, 0.25) is 0 Å². The van der Waals surface area contributed by atoms with Crippen LogP contribution in [0.4, 0.5) is 0 Å². The van der Waals surface area contributed by atoms with Gasteiger partial charge in [0.15, 0.2) is 11.0 Å². The molecule has 0 aliphatic carbocycles. The van der Waals surface area contributed by atoms with E-state index in [2.05, 4.69) is 10.2 Å². The average Bonchev–Trinajstić information content (AvgIpc) is 3.06. The van der Waals surface area contributed by atoms with E-state index in [0.29, 0.717) is 5.16 Å². The molecule has 0 aliphatic rings. The zero-order valence-electron chi connectivity index (χ0n) is 14.3. The lowest BCUT2D eigenvalue weighted by Gasteiger charge is -2.12. The molecule has 0 radical (unpaired) electrons. The zero-order chi connectivity index (χ0) is 17.8. The summed E-state index contributed by atoms with van der Waals surface area (Å²) >= 11 is 1.33. The smallest absolute Gasteiger partial charge is 0.318 e. The third-order valence-electron chi connectivity index (χ3n) is 3.77. The standard InChI is InChI=1S/C19H19N3O2S/c1-13-9-11-16(12-10-13)22-17(15-7-5-4-6-8-15)20-21-19(22)25-14(2)18(23)24-3/h4-12,14H,1-3H3. The normalized spacial score (nSPS) is 12.0. The Morgan fingerprint density at radius 2 is 1.76 bits per heavy atom. The Balaban J connectivity index is 2.08. The van der Waals surface area contributed by atoms with Gasteiger partial charge in [0.1, 0.15) is 5.25 Å². The van der Waals surface area contributed by atoms with Crippen LogP contribution in [0.1, 0.15) is 12.5 Å². The van der Waals surface area contributed by atoms with E-state index in [1.807, 2.05) is 66.1 Å². The lowest BCUT2D eigenvalue weighted by Crippen LogP contribution is -2.15. The highest BCUT2D eigenvalue weighted by atomic mass is 32.2. The van der Waals surface area contributed by atoms with Crippen LogP contribution in [0.3, 0.4) is 0 Å². The van der Waals surface area contributed by atoms with Gasteiger partial charge in [-0.2, -0.15) is 0 Å². The van der Waals surface area contributed by atoms with Gasteiger partial charge in [0.25, 0.3) is 0 Å². The number of carbonyl (C=O) groups is 1. The molecule has 0 saturated heterocycles. The highest BCUT2D eigenvalue weighted by Gasteiger charge is 2.22. The van der Waals surface area contributed by atoms with Crippen molar-refractivity contribution in [2.24, 2.45) is 0 Å². The Morgan fingerprint density at radius 3 is 2.40 bits per heavy atom. The predicted octanol–water partition coefficient (Wildman–Crippen LogP) is 3.90. The van der Waals surface area contributed by atoms with Crippen LogP contribution in [0.5, 0.6) is 0 Å². The van der Waals surface area contributed by atoms with Gasteiger partial charge in [0, 0.05) is 11.3 Å². The average molecular weight is 353 g/mol. The third-order valence-corrected chi connectivity index (χ3v) is 4.79. The Kier molecular flexibility index (Phi) is 5.19. The van der Waals surface area contributed by atoms with Crippen LogP contribution < -0.4 is 0 Å². The van der Waals surface area contributed by atoms with Crippen LogP contribution in [0.2, 0.25) is 0 Å². The van der Waals surface area contributed by atoms with Gasteiger partial charge >= 0.3 is 5.97 Å². The molecule has 2 aromatic carbocycles. The van der Waals surface area contributed by atoms with E-state index in [1.54, 1.807) is 6.92 Å². The molecule has 0 fully saturated rings. The first-order valence-electron chi connectivity index (χ1n) is 7.92. The van der Waals surface area contributed by atoms with Crippen LogP contribution in [0.25, 0.3) is 17.1 Å². The second-order valence-corrected chi connectivity index (χ2v) is 6.93. The molecule has 0 spiro atoms. The maximum atomic E-state index is 11.8. The molecule has 5 nitrogen and oxygen atoms in total. The fourth-order valence-electron chi connectivity index (χ4n) is 2.42. The highest BCUT2D eigenvalue weighted by Crippen LogP contribution is 2.30. The minimum absolute atomic E-state index is 0.287. The summed E-state index contributed by atoms with van der Waals surface area (Å²) < 4.78 is 6.79. The van der Waals surface area contributed by atoms with Gasteiger partial charge in [-0.05, 0) is 26.0 Å². The number of thioether (sulfide) groups is 1. The van der Waals surface area contributed by atoms with Gasteiger partial charge in [0.05, 0.1) is 7.11 Å². The quantitative estimate of drug-likeness (QED) is 0.514. The van der Waals surface area contributed by atoms with Crippen LogP contribution in [-0.2, 0) is 9.53 Å². The van der Waals surface area contributed by atoms with E-state index in [-0.39, 0.29) is 11.2 Å². The van der Waals surface area contributed by atoms with Crippen LogP contribution in [-0.4, -0.2) is 33.1 Å². The van der Waals surface area contributed by atoms with Crippen molar-refractivity contribution in [1.82, 2.24) is 14.8 Å². The fourth-order valence-corrected chi connectivity index (χ4v) is 3.31. The van der Waals surface area contributed by atoms with Gasteiger partial charge in [-0.25, -0.2) is 0 Å². The minimum atomic E-state index is -0.373. The Labute approximate surface area is 151 Å². The van der Waals surface area contributed by atoms with Gasteiger partial charge in [-0.3, -0.25) is 9.36 Å². The van der Waals surface area contributed by atoms with Gasteiger partial charge < -0.3 is 4.74 Å². The molecule has 0 aliphatic heterocycles. The van der Waals surface area contributed by atoms with E-state index in [4.69, 9.17) is 4.74 Å². The maximum Gasteiger partial charge on any atom is 0.318 e. The maximum absolute atomic E-state index is 11.8. The zero-order valence-corrected chi connectivity index (χ0v) is 15.2. The van der Waals surface area contributed by atoms with Crippen molar-refractivity contribution in [3.05, 3.63) is 60.2 Å². The number of hydrogen-bond donors (Lipinski definition) is 0. The molecular formula is C19H19N3O2S. The van der Waals surface area contributed by atoms with Crippen molar-refractivity contribution in [2.45, 2.75) is 24.3 Å². The van der Waals surface area contributed by atoms with Crippen molar-refractivity contribution in [2.75, 3.05) is 7.11 Å². The summed E-state index contributed by atoms with van der Waals surface area (Å²) in [6.45, 7) is 3.84. The predicted molar refractivity (Wildman–Crippen MR) is 98.9 cm³/mol. The lowest BCUT2D eigenvalue weighted by atomic mass is 10.2. The first-order chi connectivity index (χ1) is 12.1. The molecule has 3 aromatic rings. The number of ether oxygens (including phenoxy) is 1. The van der Waals surface area contributed by atoms with Crippen molar-refractivity contribution < 1.29 is 9.53 Å². The molecule has 3 rings (SSSR count). The first kappa shape index (κ1) is 17.2. The van der Waals surface area contributed by atoms with Crippen molar-refractivity contribution >= 4 is 17.7 Å². The van der Waals surface area contributed by atoms with Crippen LogP contribution in [0.15, 0.2) is 59.8 Å². The summed E-state index contributed by atoms with van der Waals surface area (Å²) in [4.78, 5) is 11.8. The van der Waals surface area contributed by atoms with Gasteiger partial charge in [-0.15, -0.1) is 10.2 Å². The number of aromatic nitrogens is 3. The van der Waals surface area contributed by atoms with Crippen LogP contribution >= 0.6 is 11.8 Å².